The Hall–Kier alpha value is -1.37. The zero-order valence-electron chi connectivity index (χ0n) is 10.8. The van der Waals surface area contributed by atoms with Gasteiger partial charge in [-0.25, -0.2) is 0 Å². The number of hydrogen-bond acceptors (Lipinski definition) is 3. The van der Waals surface area contributed by atoms with Crippen LogP contribution >= 0.6 is 11.6 Å². The van der Waals surface area contributed by atoms with Crippen molar-refractivity contribution in [2.75, 3.05) is 20.3 Å². The number of ether oxygens (including phenoxy) is 2. The van der Waals surface area contributed by atoms with Crippen molar-refractivity contribution in [2.45, 2.75) is 19.9 Å². The molecular weight excluding hydrogens is 250 g/mol. The highest BCUT2D eigenvalue weighted by molar-refractivity contribution is 6.30. The number of rotatable bonds is 7. The van der Waals surface area contributed by atoms with E-state index in [4.69, 9.17) is 27.5 Å². The Morgan fingerprint density at radius 1 is 1.44 bits per heavy atom. The van der Waals surface area contributed by atoms with Gasteiger partial charge in [0, 0.05) is 23.2 Å². The first-order chi connectivity index (χ1) is 8.72. The second-order valence-corrected chi connectivity index (χ2v) is 4.20. The summed E-state index contributed by atoms with van der Waals surface area (Å²) in [5.41, 5.74) is 0.947. The second kappa shape index (κ2) is 7.86. The van der Waals surface area contributed by atoms with Crippen molar-refractivity contribution in [1.29, 1.82) is 0 Å². The second-order valence-electron chi connectivity index (χ2n) is 3.77. The summed E-state index contributed by atoms with van der Waals surface area (Å²) in [5, 5.41) is 3.92. The molecule has 1 aromatic rings. The quantitative estimate of drug-likeness (QED) is 0.609. The molecule has 0 aliphatic heterocycles. The molecule has 1 rings (SSSR count). The highest BCUT2D eigenvalue weighted by atomic mass is 35.5. The summed E-state index contributed by atoms with van der Waals surface area (Å²) in [6, 6.07) is 3.58. The summed E-state index contributed by atoms with van der Waals surface area (Å²) in [4.78, 5) is 0. The molecule has 0 saturated carbocycles. The lowest BCUT2D eigenvalue weighted by Gasteiger charge is -2.15. The molecule has 0 spiro atoms. The predicted molar refractivity (Wildman–Crippen MR) is 74.3 cm³/mol. The van der Waals surface area contributed by atoms with E-state index in [9.17, 15) is 0 Å². The smallest absolute Gasteiger partial charge is 0.167 e. The Morgan fingerprint density at radius 3 is 2.83 bits per heavy atom. The number of halogens is 1. The van der Waals surface area contributed by atoms with Crippen LogP contribution in [0.15, 0.2) is 12.1 Å². The van der Waals surface area contributed by atoms with Crippen LogP contribution in [0.1, 0.15) is 18.9 Å². The van der Waals surface area contributed by atoms with Gasteiger partial charge in [0.05, 0.1) is 7.11 Å². The van der Waals surface area contributed by atoms with Crippen LogP contribution in [-0.4, -0.2) is 20.3 Å². The summed E-state index contributed by atoms with van der Waals surface area (Å²) in [5.74, 6) is 3.70. The molecule has 0 unspecified atom stereocenters. The van der Waals surface area contributed by atoms with Crippen LogP contribution in [-0.2, 0) is 6.54 Å². The van der Waals surface area contributed by atoms with E-state index >= 15 is 0 Å². The zero-order valence-corrected chi connectivity index (χ0v) is 11.5. The Balaban J connectivity index is 2.96. The Kier molecular flexibility index (Phi) is 6.42. The van der Waals surface area contributed by atoms with Crippen molar-refractivity contribution in [3.63, 3.8) is 0 Å². The molecule has 3 nitrogen and oxygen atoms in total. The largest absolute Gasteiger partial charge is 0.493 e. The van der Waals surface area contributed by atoms with Gasteiger partial charge in [0.25, 0.3) is 0 Å². The van der Waals surface area contributed by atoms with Gasteiger partial charge < -0.3 is 14.8 Å². The lowest BCUT2D eigenvalue weighted by atomic mass is 10.1. The molecule has 0 saturated heterocycles. The average molecular weight is 268 g/mol. The topological polar surface area (TPSA) is 30.5 Å². The van der Waals surface area contributed by atoms with Gasteiger partial charge in [0.15, 0.2) is 11.5 Å². The van der Waals surface area contributed by atoms with E-state index in [0.717, 1.165) is 18.5 Å². The SMILES string of the molecule is C#CCOc1c(CNCCC)cc(Cl)cc1OC. The maximum Gasteiger partial charge on any atom is 0.167 e. The van der Waals surface area contributed by atoms with E-state index in [1.165, 1.54) is 0 Å². The molecule has 0 amide bonds. The molecule has 0 aliphatic rings. The molecule has 0 bridgehead atoms. The highest BCUT2D eigenvalue weighted by Gasteiger charge is 2.12. The highest BCUT2D eigenvalue weighted by Crippen LogP contribution is 2.34. The monoisotopic (exact) mass is 267 g/mol. The third kappa shape index (κ3) is 4.14. The van der Waals surface area contributed by atoms with Crippen LogP contribution in [0.3, 0.4) is 0 Å². The van der Waals surface area contributed by atoms with Crippen molar-refractivity contribution in [3.05, 3.63) is 22.7 Å². The Labute approximate surface area is 113 Å². The van der Waals surface area contributed by atoms with Gasteiger partial charge in [-0.3, -0.25) is 0 Å². The number of hydrogen-bond donors (Lipinski definition) is 1. The summed E-state index contributed by atoms with van der Waals surface area (Å²) in [6.45, 7) is 3.92. The minimum Gasteiger partial charge on any atom is -0.493 e. The van der Waals surface area contributed by atoms with Crippen molar-refractivity contribution < 1.29 is 9.47 Å². The van der Waals surface area contributed by atoms with Gasteiger partial charge in [-0.2, -0.15) is 0 Å². The summed E-state index contributed by atoms with van der Waals surface area (Å²) in [7, 11) is 1.58. The molecule has 0 fully saturated rings. The fraction of sp³-hybridized carbons (Fsp3) is 0.429. The van der Waals surface area contributed by atoms with Gasteiger partial charge in [-0.15, -0.1) is 6.42 Å². The average Bonchev–Trinajstić information content (AvgIpc) is 2.37. The molecule has 0 radical (unpaired) electrons. The summed E-state index contributed by atoms with van der Waals surface area (Å²) in [6.07, 6.45) is 6.28. The lowest BCUT2D eigenvalue weighted by molar-refractivity contribution is 0.326. The predicted octanol–water partition coefficient (Wildman–Crippen LogP) is 2.86. The first-order valence-electron chi connectivity index (χ1n) is 5.86. The van der Waals surface area contributed by atoms with Crippen molar-refractivity contribution in [3.8, 4) is 23.8 Å². The van der Waals surface area contributed by atoms with Crippen LogP contribution in [0.25, 0.3) is 0 Å². The van der Waals surface area contributed by atoms with Gasteiger partial charge in [0.1, 0.15) is 6.61 Å². The zero-order chi connectivity index (χ0) is 13.4. The van der Waals surface area contributed by atoms with E-state index in [2.05, 4.69) is 18.2 Å². The first-order valence-corrected chi connectivity index (χ1v) is 6.24. The molecule has 4 heteroatoms. The third-order valence-corrected chi connectivity index (χ3v) is 2.58. The molecular formula is C14H18ClNO2. The van der Waals surface area contributed by atoms with E-state index in [1.54, 1.807) is 13.2 Å². The molecule has 0 aromatic heterocycles. The van der Waals surface area contributed by atoms with E-state index in [-0.39, 0.29) is 6.61 Å². The molecule has 0 heterocycles. The fourth-order valence-electron chi connectivity index (χ4n) is 1.58. The van der Waals surface area contributed by atoms with Gasteiger partial charge in [0.2, 0.25) is 0 Å². The minimum absolute atomic E-state index is 0.207. The van der Waals surface area contributed by atoms with Crippen molar-refractivity contribution in [2.24, 2.45) is 0 Å². The van der Waals surface area contributed by atoms with Gasteiger partial charge >= 0.3 is 0 Å². The van der Waals surface area contributed by atoms with E-state index in [1.807, 2.05) is 6.07 Å². The Bertz CT molecular complexity index is 427. The number of nitrogens with one attached hydrogen (secondary N) is 1. The maximum atomic E-state index is 6.04. The first kappa shape index (κ1) is 14.7. The summed E-state index contributed by atoms with van der Waals surface area (Å²) >= 11 is 6.04. The maximum absolute atomic E-state index is 6.04. The van der Waals surface area contributed by atoms with Crippen LogP contribution in [0.5, 0.6) is 11.5 Å². The molecule has 0 aliphatic carbocycles. The molecule has 18 heavy (non-hydrogen) atoms. The number of benzene rings is 1. The van der Waals surface area contributed by atoms with E-state index < -0.39 is 0 Å². The Morgan fingerprint density at radius 2 is 2.22 bits per heavy atom. The minimum atomic E-state index is 0.207. The standard InChI is InChI=1S/C14H18ClNO2/c1-4-6-16-10-11-8-12(15)9-13(17-3)14(11)18-7-5-2/h2,8-9,16H,4,6-7,10H2,1,3H3. The third-order valence-electron chi connectivity index (χ3n) is 2.36. The van der Waals surface area contributed by atoms with Gasteiger partial charge in [-0.05, 0) is 19.0 Å². The number of methoxy groups -OCH3 is 1. The molecule has 98 valence electrons. The molecule has 1 aromatic carbocycles. The molecule has 0 atom stereocenters. The molecule has 1 N–H and O–H groups in total. The normalized spacial score (nSPS) is 9.89. The van der Waals surface area contributed by atoms with Crippen LogP contribution in [0.4, 0.5) is 0 Å². The fourth-order valence-corrected chi connectivity index (χ4v) is 1.81. The van der Waals surface area contributed by atoms with Crippen LogP contribution < -0.4 is 14.8 Å². The van der Waals surface area contributed by atoms with Crippen LogP contribution in [0, 0.1) is 12.3 Å². The van der Waals surface area contributed by atoms with Crippen molar-refractivity contribution in [1.82, 2.24) is 5.32 Å². The van der Waals surface area contributed by atoms with E-state index in [0.29, 0.717) is 23.1 Å². The number of terminal acetylenes is 1. The van der Waals surface area contributed by atoms with Gasteiger partial charge in [-0.1, -0.05) is 24.4 Å². The summed E-state index contributed by atoms with van der Waals surface area (Å²) < 4.78 is 10.8. The van der Waals surface area contributed by atoms with Crippen LogP contribution in [0.2, 0.25) is 5.02 Å². The lowest BCUT2D eigenvalue weighted by Crippen LogP contribution is -2.15. The van der Waals surface area contributed by atoms with Crippen molar-refractivity contribution >= 4 is 11.6 Å².